The van der Waals surface area contributed by atoms with Gasteiger partial charge in [-0.1, -0.05) is 12.1 Å². The number of aliphatic carboxylic acids is 1. The normalized spacial score (nSPS) is 27.7. The van der Waals surface area contributed by atoms with E-state index in [1.54, 1.807) is 7.11 Å². The minimum absolute atomic E-state index is 0.125. The zero-order valence-corrected chi connectivity index (χ0v) is 13.6. The molecule has 6 heteroatoms. The molecule has 4 atom stereocenters. The van der Waals surface area contributed by atoms with Gasteiger partial charge in [0.1, 0.15) is 11.6 Å². The Morgan fingerprint density at radius 1 is 1.33 bits per heavy atom. The number of fused-ring (bicyclic) bond motifs is 1. The summed E-state index contributed by atoms with van der Waals surface area (Å²) in [4.78, 5) is 11.1. The molecule has 2 aromatic rings. The van der Waals surface area contributed by atoms with E-state index in [4.69, 9.17) is 15.6 Å². The third kappa shape index (κ3) is 2.52. The van der Waals surface area contributed by atoms with Crippen molar-refractivity contribution in [2.75, 3.05) is 12.8 Å². The molecule has 24 heavy (non-hydrogen) atoms. The number of hydrogen-bond donors (Lipinski definition) is 2. The van der Waals surface area contributed by atoms with Crippen LogP contribution in [0.15, 0.2) is 30.3 Å². The van der Waals surface area contributed by atoms with Crippen LogP contribution in [0.25, 0.3) is 0 Å². The maximum absolute atomic E-state index is 11.1. The summed E-state index contributed by atoms with van der Waals surface area (Å²) >= 11 is 0. The fourth-order valence-electron chi connectivity index (χ4n) is 4.13. The highest BCUT2D eigenvalue weighted by molar-refractivity contribution is 5.74. The second-order valence-electron chi connectivity index (χ2n) is 6.86. The maximum Gasteiger partial charge on any atom is 0.307 e. The molecule has 126 valence electrons. The molecule has 1 aromatic heterocycles. The Balaban J connectivity index is 1.44. The van der Waals surface area contributed by atoms with Gasteiger partial charge < -0.3 is 15.6 Å². The van der Waals surface area contributed by atoms with Gasteiger partial charge in [-0.05, 0) is 42.4 Å². The molecule has 4 rings (SSSR count). The number of ether oxygens (including phenoxy) is 1. The minimum Gasteiger partial charge on any atom is -0.497 e. The van der Waals surface area contributed by atoms with E-state index in [0.717, 1.165) is 29.8 Å². The van der Waals surface area contributed by atoms with Gasteiger partial charge in [0.15, 0.2) is 0 Å². The number of methoxy groups -OCH3 is 1. The molecule has 3 N–H and O–H groups in total. The summed E-state index contributed by atoms with van der Waals surface area (Å²) < 4.78 is 6.98. The summed E-state index contributed by atoms with van der Waals surface area (Å²) in [6, 6.07) is 9.79. The Morgan fingerprint density at radius 2 is 2.00 bits per heavy atom. The lowest BCUT2D eigenvalue weighted by Crippen LogP contribution is -2.09. The van der Waals surface area contributed by atoms with E-state index >= 15 is 0 Å². The smallest absolute Gasteiger partial charge is 0.307 e. The fourth-order valence-corrected chi connectivity index (χ4v) is 4.13. The molecule has 0 spiro atoms. The number of carboxylic acids is 1. The first-order valence-corrected chi connectivity index (χ1v) is 8.25. The van der Waals surface area contributed by atoms with Crippen LogP contribution in [0.3, 0.4) is 0 Å². The van der Waals surface area contributed by atoms with Gasteiger partial charge in [-0.15, -0.1) is 0 Å². The monoisotopic (exact) mass is 327 g/mol. The molecule has 2 saturated carbocycles. The summed E-state index contributed by atoms with van der Waals surface area (Å²) in [5.74, 6) is 1.71. The van der Waals surface area contributed by atoms with Gasteiger partial charge in [-0.25, -0.2) is 4.68 Å². The van der Waals surface area contributed by atoms with Crippen molar-refractivity contribution in [1.29, 1.82) is 0 Å². The number of aromatic nitrogens is 2. The molecule has 0 aliphatic heterocycles. The maximum atomic E-state index is 11.1. The second-order valence-corrected chi connectivity index (χ2v) is 6.86. The van der Waals surface area contributed by atoms with Crippen LogP contribution in [0.1, 0.15) is 30.0 Å². The lowest BCUT2D eigenvalue weighted by molar-refractivity contribution is -0.139. The summed E-state index contributed by atoms with van der Waals surface area (Å²) in [5.41, 5.74) is 8.22. The number of hydrogen-bond acceptors (Lipinski definition) is 4. The first kappa shape index (κ1) is 15.1. The van der Waals surface area contributed by atoms with Crippen molar-refractivity contribution < 1.29 is 14.6 Å². The topological polar surface area (TPSA) is 90.4 Å². The van der Waals surface area contributed by atoms with Crippen molar-refractivity contribution in [2.45, 2.75) is 25.3 Å². The third-order valence-electron chi connectivity index (χ3n) is 5.47. The van der Waals surface area contributed by atoms with Crippen molar-refractivity contribution in [3.8, 4) is 5.75 Å². The summed E-state index contributed by atoms with van der Waals surface area (Å²) in [7, 11) is 1.65. The van der Waals surface area contributed by atoms with Crippen LogP contribution in [0.2, 0.25) is 0 Å². The SMILES string of the molecule is COc1ccc(Cn2nc([C@H]3C[C@@H]4[C@H](C3)[C@@H]4C(=O)O)cc2N)cc1. The fraction of sp³-hybridized carbons (Fsp3) is 0.444. The van der Waals surface area contributed by atoms with Crippen molar-refractivity contribution in [1.82, 2.24) is 9.78 Å². The Morgan fingerprint density at radius 3 is 2.58 bits per heavy atom. The Kier molecular flexibility index (Phi) is 3.48. The number of nitrogens with two attached hydrogens (primary N) is 1. The van der Waals surface area contributed by atoms with Crippen molar-refractivity contribution >= 4 is 11.8 Å². The molecule has 1 aromatic carbocycles. The second kappa shape index (κ2) is 5.54. The van der Waals surface area contributed by atoms with Crippen LogP contribution in [-0.4, -0.2) is 28.0 Å². The van der Waals surface area contributed by atoms with Gasteiger partial charge in [-0.3, -0.25) is 4.79 Å². The van der Waals surface area contributed by atoms with Gasteiger partial charge in [-0.2, -0.15) is 5.10 Å². The average Bonchev–Trinajstić information content (AvgIpc) is 2.89. The third-order valence-corrected chi connectivity index (χ3v) is 5.47. The molecule has 1 heterocycles. The quantitative estimate of drug-likeness (QED) is 0.880. The lowest BCUT2D eigenvalue weighted by Gasteiger charge is -2.10. The van der Waals surface area contributed by atoms with Gasteiger partial charge >= 0.3 is 5.97 Å². The first-order valence-electron chi connectivity index (χ1n) is 8.25. The first-order chi connectivity index (χ1) is 11.6. The molecule has 6 nitrogen and oxygen atoms in total. The van der Waals surface area contributed by atoms with Gasteiger partial charge in [0.05, 0.1) is 25.3 Å². The van der Waals surface area contributed by atoms with Crippen LogP contribution >= 0.6 is 0 Å². The van der Waals surface area contributed by atoms with Crippen LogP contribution in [0, 0.1) is 17.8 Å². The minimum atomic E-state index is -0.645. The number of nitrogen functional groups attached to an aromatic ring is 1. The lowest BCUT2D eigenvalue weighted by atomic mass is 9.97. The van der Waals surface area contributed by atoms with Gasteiger partial charge in [0.2, 0.25) is 0 Å². The Bertz CT molecular complexity index is 756. The average molecular weight is 327 g/mol. The van der Waals surface area contributed by atoms with Crippen LogP contribution in [0.4, 0.5) is 5.82 Å². The number of carbonyl (C=O) groups is 1. The number of carboxylic acid groups (broad SMARTS) is 1. The largest absolute Gasteiger partial charge is 0.497 e. The van der Waals surface area contributed by atoms with E-state index in [-0.39, 0.29) is 5.92 Å². The summed E-state index contributed by atoms with van der Waals surface area (Å²) in [6.07, 6.45) is 1.83. The van der Waals surface area contributed by atoms with E-state index in [1.165, 1.54) is 0 Å². The molecule has 0 unspecified atom stereocenters. The Labute approximate surface area is 140 Å². The molecule has 2 fully saturated rings. The number of rotatable bonds is 5. The summed E-state index contributed by atoms with van der Waals surface area (Å²) in [5, 5.41) is 13.8. The van der Waals surface area contributed by atoms with Crippen molar-refractivity contribution in [3.05, 3.63) is 41.6 Å². The number of anilines is 1. The molecule has 2 aliphatic carbocycles. The van der Waals surface area contributed by atoms with Gasteiger partial charge in [0.25, 0.3) is 0 Å². The standard InChI is InChI=1S/C18H21N3O3/c1-24-12-4-2-10(3-5-12)9-21-16(19)8-15(20-21)11-6-13-14(7-11)17(13)18(22)23/h2-5,8,11,13-14,17H,6-7,9,19H2,1H3,(H,22,23)/t11-,13+,14-,17+. The highest BCUT2D eigenvalue weighted by atomic mass is 16.5. The molecular formula is C18H21N3O3. The zero-order valence-electron chi connectivity index (χ0n) is 13.6. The highest BCUT2D eigenvalue weighted by Crippen LogP contribution is 2.62. The molecule has 0 saturated heterocycles. The van der Waals surface area contributed by atoms with Gasteiger partial charge in [0, 0.05) is 12.0 Å². The van der Waals surface area contributed by atoms with Crippen LogP contribution in [0.5, 0.6) is 5.75 Å². The van der Waals surface area contributed by atoms with E-state index in [0.29, 0.717) is 30.1 Å². The molecular weight excluding hydrogens is 306 g/mol. The number of benzene rings is 1. The van der Waals surface area contributed by atoms with Crippen LogP contribution in [-0.2, 0) is 11.3 Å². The molecule has 2 aliphatic rings. The van der Waals surface area contributed by atoms with Crippen molar-refractivity contribution in [2.24, 2.45) is 17.8 Å². The predicted octanol–water partition coefficient (Wildman–Crippen LogP) is 2.35. The highest BCUT2D eigenvalue weighted by Gasteiger charge is 2.60. The van der Waals surface area contributed by atoms with Crippen LogP contribution < -0.4 is 10.5 Å². The molecule has 0 bridgehead atoms. The van der Waals surface area contributed by atoms with E-state index in [9.17, 15) is 4.79 Å². The van der Waals surface area contributed by atoms with Crippen molar-refractivity contribution in [3.63, 3.8) is 0 Å². The number of nitrogens with zero attached hydrogens (tertiary/aromatic N) is 2. The zero-order chi connectivity index (χ0) is 16.8. The Hall–Kier alpha value is -2.50. The summed E-state index contributed by atoms with van der Waals surface area (Å²) in [6.45, 7) is 0.618. The van der Waals surface area contributed by atoms with E-state index < -0.39 is 5.97 Å². The predicted molar refractivity (Wildman–Crippen MR) is 88.8 cm³/mol. The molecule has 0 radical (unpaired) electrons. The molecule has 0 amide bonds. The van der Waals surface area contributed by atoms with E-state index in [2.05, 4.69) is 5.10 Å². The van der Waals surface area contributed by atoms with E-state index in [1.807, 2.05) is 35.0 Å².